The van der Waals surface area contributed by atoms with E-state index >= 15 is 0 Å². The Morgan fingerprint density at radius 3 is 2.62 bits per heavy atom. The van der Waals surface area contributed by atoms with Crippen LogP contribution in [0.5, 0.6) is 11.5 Å². The zero-order chi connectivity index (χ0) is 20.8. The van der Waals surface area contributed by atoms with E-state index in [1.807, 2.05) is 0 Å². The third kappa shape index (κ3) is 4.60. The second kappa shape index (κ2) is 9.30. The SMILES string of the molecule is COc1cc(OC)cc(-n2ccn(CCNCC(=O)N3CCCC3C#N)c2=O)c1. The lowest BCUT2D eigenvalue weighted by Crippen LogP contribution is -2.41. The summed E-state index contributed by atoms with van der Waals surface area (Å²) in [6.07, 6.45) is 4.98. The molecule has 29 heavy (non-hydrogen) atoms. The predicted molar refractivity (Wildman–Crippen MR) is 106 cm³/mol. The molecule has 154 valence electrons. The molecule has 1 aromatic carbocycles. The van der Waals surface area contributed by atoms with Gasteiger partial charge in [-0.15, -0.1) is 0 Å². The number of amides is 1. The molecule has 1 aromatic heterocycles. The van der Waals surface area contributed by atoms with Crippen LogP contribution in [0.15, 0.2) is 35.4 Å². The normalized spacial score (nSPS) is 15.9. The first-order valence-electron chi connectivity index (χ1n) is 9.48. The molecule has 1 saturated heterocycles. The summed E-state index contributed by atoms with van der Waals surface area (Å²) in [5.74, 6) is 1.11. The molecular weight excluding hydrogens is 374 g/mol. The zero-order valence-electron chi connectivity index (χ0n) is 16.6. The number of rotatable bonds is 8. The number of carbonyl (C=O) groups excluding carboxylic acids is 1. The molecule has 1 unspecified atom stereocenters. The molecule has 2 heterocycles. The molecule has 9 nitrogen and oxygen atoms in total. The molecule has 0 spiro atoms. The third-order valence-electron chi connectivity index (χ3n) is 4.99. The zero-order valence-corrected chi connectivity index (χ0v) is 16.6. The third-order valence-corrected chi connectivity index (χ3v) is 4.99. The number of methoxy groups -OCH3 is 2. The summed E-state index contributed by atoms with van der Waals surface area (Å²) in [7, 11) is 3.11. The van der Waals surface area contributed by atoms with Crippen LogP contribution in [0.2, 0.25) is 0 Å². The Kier molecular flexibility index (Phi) is 6.57. The minimum Gasteiger partial charge on any atom is -0.497 e. The fourth-order valence-corrected chi connectivity index (χ4v) is 3.41. The first-order chi connectivity index (χ1) is 14.1. The molecule has 1 aliphatic heterocycles. The molecule has 1 atom stereocenters. The number of aromatic nitrogens is 2. The minimum atomic E-state index is -0.319. The maximum absolute atomic E-state index is 12.7. The van der Waals surface area contributed by atoms with Gasteiger partial charge in [-0.1, -0.05) is 0 Å². The Morgan fingerprint density at radius 2 is 1.97 bits per heavy atom. The van der Waals surface area contributed by atoms with Gasteiger partial charge in [-0.25, -0.2) is 4.79 Å². The van der Waals surface area contributed by atoms with Crippen LogP contribution in [0.25, 0.3) is 5.69 Å². The van der Waals surface area contributed by atoms with Crippen molar-refractivity contribution in [3.8, 4) is 23.3 Å². The first-order valence-corrected chi connectivity index (χ1v) is 9.48. The van der Waals surface area contributed by atoms with E-state index in [9.17, 15) is 9.59 Å². The largest absolute Gasteiger partial charge is 0.497 e. The molecule has 2 aromatic rings. The Balaban J connectivity index is 1.59. The van der Waals surface area contributed by atoms with Crippen LogP contribution in [0.1, 0.15) is 12.8 Å². The van der Waals surface area contributed by atoms with Crippen molar-refractivity contribution in [3.05, 3.63) is 41.1 Å². The lowest BCUT2D eigenvalue weighted by molar-refractivity contribution is -0.130. The van der Waals surface area contributed by atoms with E-state index in [1.165, 1.54) is 4.57 Å². The number of nitriles is 1. The first kappa shape index (κ1) is 20.5. The number of nitrogens with zero attached hydrogens (tertiary/aromatic N) is 4. The summed E-state index contributed by atoms with van der Waals surface area (Å²) in [4.78, 5) is 26.5. The van der Waals surface area contributed by atoms with Gasteiger partial charge in [-0.05, 0) is 12.8 Å². The smallest absolute Gasteiger partial charge is 0.332 e. The van der Waals surface area contributed by atoms with Crippen molar-refractivity contribution in [2.75, 3.05) is 33.9 Å². The van der Waals surface area contributed by atoms with Gasteiger partial charge in [-0.3, -0.25) is 13.9 Å². The Labute approximate surface area is 169 Å². The molecule has 1 fully saturated rings. The molecular formula is C20H25N5O4. The highest BCUT2D eigenvalue weighted by Crippen LogP contribution is 2.24. The quantitative estimate of drug-likeness (QED) is 0.658. The summed E-state index contributed by atoms with van der Waals surface area (Å²) in [6.45, 7) is 1.66. The maximum Gasteiger partial charge on any atom is 0.332 e. The van der Waals surface area contributed by atoms with E-state index in [0.717, 1.165) is 12.8 Å². The van der Waals surface area contributed by atoms with Crippen LogP contribution in [0.4, 0.5) is 0 Å². The van der Waals surface area contributed by atoms with Crippen molar-refractivity contribution in [1.29, 1.82) is 5.26 Å². The van der Waals surface area contributed by atoms with E-state index < -0.39 is 0 Å². The molecule has 1 aliphatic rings. The Morgan fingerprint density at radius 1 is 1.24 bits per heavy atom. The fourth-order valence-electron chi connectivity index (χ4n) is 3.41. The summed E-state index contributed by atoms with van der Waals surface area (Å²) >= 11 is 0. The summed E-state index contributed by atoms with van der Waals surface area (Å²) in [5.41, 5.74) is 0.446. The number of likely N-dealkylation sites (tertiary alicyclic amines) is 1. The van der Waals surface area contributed by atoms with Gasteiger partial charge >= 0.3 is 5.69 Å². The Bertz CT molecular complexity index is 936. The van der Waals surface area contributed by atoms with Crippen molar-refractivity contribution in [2.45, 2.75) is 25.4 Å². The number of hydrogen-bond acceptors (Lipinski definition) is 6. The molecule has 0 saturated carbocycles. The van der Waals surface area contributed by atoms with Crippen molar-refractivity contribution in [2.24, 2.45) is 0 Å². The summed E-state index contributed by atoms with van der Waals surface area (Å²) < 4.78 is 13.6. The fraction of sp³-hybridized carbons (Fsp3) is 0.450. The topological polar surface area (TPSA) is 102 Å². The molecule has 3 rings (SSSR count). The van der Waals surface area contributed by atoms with E-state index in [4.69, 9.17) is 14.7 Å². The van der Waals surface area contributed by atoms with Crippen LogP contribution in [-0.4, -0.2) is 59.8 Å². The van der Waals surface area contributed by atoms with Crippen LogP contribution < -0.4 is 20.5 Å². The second-order valence-corrected chi connectivity index (χ2v) is 6.77. The molecule has 1 amide bonds. The van der Waals surface area contributed by atoms with E-state index in [2.05, 4.69) is 11.4 Å². The number of carbonyl (C=O) groups is 1. The van der Waals surface area contributed by atoms with Gasteiger partial charge in [0.2, 0.25) is 5.91 Å². The van der Waals surface area contributed by atoms with Crippen LogP contribution >= 0.6 is 0 Å². The minimum absolute atomic E-state index is 0.0811. The van der Waals surface area contributed by atoms with Gasteiger partial charge < -0.3 is 19.7 Å². The van der Waals surface area contributed by atoms with Crippen molar-refractivity contribution < 1.29 is 14.3 Å². The molecule has 9 heteroatoms. The van der Waals surface area contributed by atoms with Crippen LogP contribution in [0.3, 0.4) is 0 Å². The average molecular weight is 399 g/mol. The van der Waals surface area contributed by atoms with Crippen molar-refractivity contribution in [1.82, 2.24) is 19.4 Å². The summed E-state index contributed by atoms with van der Waals surface area (Å²) in [5, 5.41) is 12.1. The molecule has 1 N–H and O–H groups in total. The molecule has 0 aliphatic carbocycles. The number of benzene rings is 1. The van der Waals surface area contributed by atoms with Gasteiger partial charge in [0, 0.05) is 50.2 Å². The standard InChI is InChI=1S/C20H25N5O4/c1-28-17-10-16(11-18(12-17)29-2)25-9-8-23(20(25)27)7-5-22-14-19(26)24-6-3-4-15(24)13-21/h8-12,15,22H,3-7,14H2,1-2H3. The maximum atomic E-state index is 12.7. The van der Waals surface area contributed by atoms with Gasteiger partial charge in [0.15, 0.2) is 0 Å². The van der Waals surface area contributed by atoms with E-state index in [-0.39, 0.29) is 24.2 Å². The van der Waals surface area contributed by atoms with Crippen LogP contribution in [-0.2, 0) is 11.3 Å². The monoisotopic (exact) mass is 399 g/mol. The predicted octanol–water partition coefficient (Wildman–Crippen LogP) is 0.760. The van der Waals surface area contributed by atoms with E-state index in [0.29, 0.717) is 36.8 Å². The Hall–Kier alpha value is -3.25. The number of ether oxygens (including phenoxy) is 2. The van der Waals surface area contributed by atoms with Gasteiger partial charge in [0.25, 0.3) is 0 Å². The average Bonchev–Trinajstić information content (AvgIpc) is 3.37. The second-order valence-electron chi connectivity index (χ2n) is 6.77. The number of imidazole rings is 1. The highest BCUT2D eigenvalue weighted by molar-refractivity contribution is 5.79. The van der Waals surface area contributed by atoms with E-state index in [1.54, 1.807) is 54.3 Å². The number of hydrogen-bond donors (Lipinski definition) is 1. The molecule has 0 radical (unpaired) electrons. The van der Waals surface area contributed by atoms with Gasteiger partial charge in [0.1, 0.15) is 17.5 Å². The van der Waals surface area contributed by atoms with Crippen LogP contribution in [0, 0.1) is 11.3 Å². The van der Waals surface area contributed by atoms with Crippen molar-refractivity contribution >= 4 is 5.91 Å². The lowest BCUT2D eigenvalue weighted by atomic mass is 10.2. The lowest BCUT2D eigenvalue weighted by Gasteiger charge is -2.19. The highest BCUT2D eigenvalue weighted by Gasteiger charge is 2.27. The highest BCUT2D eigenvalue weighted by atomic mass is 16.5. The summed E-state index contributed by atoms with van der Waals surface area (Å²) in [6, 6.07) is 7.10. The van der Waals surface area contributed by atoms with Crippen molar-refractivity contribution in [3.63, 3.8) is 0 Å². The number of nitrogens with one attached hydrogen (secondary N) is 1. The molecule has 0 bridgehead atoms. The van der Waals surface area contributed by atoms with Gasteiger partial charge in [-0.2, -0.15) is 5.26 Å². The van der Waals surface area contributed by atoms with Gasteiger partial charge in [0.05, 0.1) is 32.5 Å².